The summed E-state index contributed by atoms with van der Waals surface area (Å²) in [5.74, 6) is 0. The van der Waals surface area contributed by atoms with E-state index in [0.29, 0.717) is 0 Å². The summed E-state index contributed by atoms with van der Waals surface area (Å²) in [6.07, 6.45) is 3.33. The lowest BCUT2D eigenvalue weighted by Gasteiger charge is -2.32. The van der Waals surface area contributed by atoms with Gasteiger partial charge in [0.1, 0.15) is 12.0 Å². The summed E-state index contributed by atoms with van der Waals surface area (Å²) in [6, 6.07) is 0. The van der Waals surface area contributed by atoms with Gasteiger partial charge in [-0.25, -0.2) is 9.97 Å². The summed E-state index contributed by atoms with van der Waals surface area (Å²) in [7, 11) is -0.384. The van der Waals surface area contributed by atoms with E-state index in [2.05, 4.69) is 15.0 Å². The molecule has 0 radical (unpaired) electrons. The van der Waals surface area contributed by atoms with Crippen molar-refractivity contribution in [3.8, 4) is 0 Å². The number of fused-ring (bicyclic) bond motifs is 1. The molecule has 1 fully saturated rings. The van der Waals surface area contributed by atoms with E-state index in [1.807, 2.05) is 34.6 Å². The van der Waals surface area contributed by atoms with E-state index in [-0.39, 0.29) is 18.3 Å². The smallest absolute Gasteiger partial charge is 0.399 e. The summed E-state index contributed by atoms with van der Waals surface area (Å²) < 4.78 is 12.2. The molecular formula is C13H18BN3O2. The van der Waals surface area contributed by atoms with Gasteiger partial charge in [0.2, 0.25) is 0 Å². The van der Waals surface area contributed by atoms with Crippen molar-refractivity contribution in [2.24, 2.45) is 0 Å². The predicted octanol–water partition coefficient (Wildman–Crippen LogP) is 1.57. The summed E-state index contributed by atoms with van der Waals surface area (Å²) in [4.78, 5) is 11.6. The third-order valence-electron chi connectivity index (χ3n) is 4.20. The molecule has 1 aliphatic heterocycles. The van der Waals surface area contributed by atoms with Gasteiger partial charge in [-0.05, 0) is 34.6 Å². The number of rotatable bonds is 1. The van der Waals surface area contributed by atoms with Gasteiger partial charge in [-0.3, -0.25) is 0 Å². The van der Waals surface area contributed by atoms with Gasteiger partial charge in [-0.1, -0.05) is 0 Å². The maximum atomic E-state index is 6.10. The Kier molecular flexibility index (Phi) is 2.53. The zero-order chi connectivity index (χ0) is 13.8. The summed E-state index contributed by atoms with van der Waals surface area (Å²) >= 11 is 0. The zero-order valence-electron chi connectivity index (χ0n) is 11.9. The highest BCUT2D eigenvalue weighted by Gasteiger charge is 2.52. The van der Waals surface area contributed by atoms with E-state index in [9.17, 15) is 0 Å². The van der Waals surface area contributed by atoms with E-state index < -0.39 is 0 Å². The number of H-pyrrole nitrogens is 1. The molecule has 0 bridgehead atoms. The van der Waals surface area contributed by atoms with Crippen molar-refractivity contribution in [1.29, 1.82) is 0 Å². The fourth-order valence-electron chi connectivity index (χ4n) is 2.34. The number of nitrogens with one attached hydrogen (secondary N) is 1. The number of aromatic amines is 1. The first-order valence-electron chi connectivity index (χ1n) is 6.46. The number of aromatic nitrogens is 3. The van der Waals surface area contributed by atoms with Crippen LogP contribution in [0.3, 0.4) is 0 Å². The largest absolute Gasteiger partial charge is 0.497 e. The number of hydrogen-bond acceptors (Lipinski definition) is 4. The average Bonchev–Trinajstić information content (AvgIpc) is 2.72. The second-order valence-electron chi connectivity index (χ2n) is 6.04. The van der Waals surface area contributed by atoms with Crippen molar-refractivity contribution in [2.45, 2.75) is 45.8 Å². The Balaban J connectivity index is 2.10. The van der Waals surface area contributed by atoms with Crippen LogP contribution in [0.1, 0.15) is 33.4 Å². The highest BCUT2D eigenvalue weighted by atomic mass is 16.7. The van der Waals surface area contributed by atoms with Crippen molar-refractivity contribution < 1.29 is 9.31 Å². The second kappa shape index (κ2) is 3.80. The predicted molar refractivity (Wildman–Crippen MR) is 74.3 cm³/mol. The molecule has 0 amide bonds. The Bertz CT molecular complexity index is 620. The standard InChI is InChI=1S/C13H18BN3O2/c1-8-10(9-6-15-7-16-11(9)17-8)14-18-12(2,3)13(4,5)19-14/h6-7H,1-5H3,(H,15,16,17). The molecule has 0 saturated carbocycles. The Morgan fingerprint density at radius 2 is 1.79 bits per heavy atom. The Hall–Kier alpha value is -1.40. The Morgan fingerprint density at radius 1 is 1.16 bits per heavy atom. The Morgan fingerprint density at radius 3 is 2.42 bits per heavy atom. The molecular weight excluding hydrogens is 241 g/mol. The van der Waals surface area contributed by atoms with E-state index in [1.165, 1.54) is 6.33 Å². The van der Waals surface area contributed by atoms with Crippen molar-refractivity contribution >= 4 is 23.6 Å². The molecule has 1 aliphatic rings. The lowest BCUT2D eigenvalue weighted by molar-refractivity contribution is 0.00578. The lowest BCUT2D eigenvalue weighted by Crippen LogP contribution is -2.41. The zero-order valence-corrected chi connectivity index (χ0v) is 11.9. The van der Waals surface area contributed by atoms with Crippen LogP contribution in [0.15, 0.2) is 12.5 Å². The van der Waals surface area contributed by atoms with Gasteiger partial charge in [-0.2, -0.15) is 0 Å². The first kappa shape index (κ1) is 12.6. The molecule has 6 heteroatoms. The monoisotopic (exact) mass is 259 g/mol. The van der Waals surface area contributed by atoms with Crippen LogP contribution in [0.25, 0.3) is 11.0 Å². The highest BCUT2D eigenvalue weighted by molar-refractivity contribution is 6.65. The molecule has 5 nitrogen and oxygen atoms in total. The molecule has 19 heavy (non-hydrogen) atoms. The first-order valence-corrected chi connectivity index (χ1v) is 6.46. The van der Waals surface area contributed by atoms with Crippen molar-refractivity contribution in [1.82, 2.24) is 15.0 Å². The van der Waals surface area contributed by atoms with Crippen LogP contribution >= 0.6 is 0 Å². The summed E-state index contributed by atoms with van der Waals surface area (Å²) in [5, 5.41) is 0.957. The molecule has 100 valence electrons. The van der Waals surface area contributed by atoms with Gasteiger partial charge in [-0.15, -0.1) is 0 Å². The quantitative estimate of drug-likeness (QED) is 0.789. The van der Waals surface area contributed by atoms with Crippen LogP contribution in [0.2, 0.25) is 0 Å². The Labute approximate surface area is 112 Å². The first-order chi connectivity index (χ1) is 8.82. The minimum Gasteiger partial charge on any atom is -0.399 e. The highest BCUT2D eigenvalue weighted by Crippen LogP contribution is 2.37. The van der Waals surface area contributed by atoms with E-state index in [0.717, 1.165) is 22.2 Å². The number of hydrogen-bond donors (Lipinski definition) is 1. The molecule has 0 aliphatic carbocycles. The maximum Gasteiger partial charge on any atom is 0.497 e. The molecule has 3 rings (SSSR count). The number of nitrogens with zero attached hydrogens (tertiary/aromatic N) is 2. The normalized spacial score (nSPS) is 21.2. The van der Waals surface area contributed by atoms with E-state index in [4.69, 9.17) is 9.31 Å². The van der Waals surface area contributed by atoms with E-state index >= 15 is 0 Å². The fraction of sp³-hybridized carbons (Fsp3) is 0.538. The molecule has 0 spiro atoms. The average molecular weight is 259 g/mol. The van der Waals surface area contributed by atoms with Gasteiger partial charge >= 0.3 is 7.12 Å². The van der Waals surface area contributed by atoms with Crippen molar-refractivity contribution in [2.75, 3.05) is 0 Å². The maximum absolute atomic E-state index is 6.10. The fourth-order valence-corrected chi connectivity index (χ4v) is 2.34. The van der Waals surface area contributed by atoms with Crippen molar-refractivity contribution in [3.05, 3.63) is 18.2 Å². The van der Waals surface area contributed by atoms with Gasteiger partial charge < -0.3 is 14.3 Å². The molecule has 0 atom stereocenters. The lowest BCUT2D eigenvalue weighted by atomic mass is 9.77. The third kappa shape index (κ3) is 1.78. The molecule has 1 saturated heterocycles. The van der Waals surface area contributed by atoms with Crippen LogP contribution in [0.5, 0.6) is 0 Å². The van der Waals surface area contributed by atoms with Crippen LogP contribution in [-0.4, -0.2) is 33.3 Å². The minimum atomic E-state index is -0.384. The van der Waals surface area contributed by atoms with Gasteiger partial charge in [0.25, 0.3) is 0 Å². The van der Waals surface area contributed by atoms with Crippen LogP contribution in [-0.2, 0) is 9.31 Å². The number of aryl methyl sites for hydroxylation is 1. The summed E-state index contributed by atoms with van der Waals surface area (Å²) in [5.41, 5.74) is 2.13. The molecule has 1 N–H and O–H groups in total. The van der Waals surface area contributed by atoms with Crippen LogP contribution < -0.4 is 5.46 Å². The van der Waals surface area contributed by atoms with Crippen LogP contribution in [0, 0.1) is 6.92 Å². The SMILES string of the molecule is Cc1[nH]c2ncncc2c1B1OC(C)(C)C(C)(C)O1. The molecule has 0 aromatic carbocycles. The molecule has 0 unspecified atom stereocenters. The van der Waals surface area contributed by atoms with Gasteiger partial charge in [0, 0.05) is 22.7 Å². The molecule has 2 aromatic heterocycles. The van der Waals surface area contributed by atoms with Crippen LogP contribution in [0.4, 0.5) is 0 Å². The van der Waals surface area contributed by atoms with Crippen molar-refractivity contribution in [3.63, 3.8) is 0 Å². The topological polar surface area (TPSA) is 60.0 Å². The second-order valence-corrected chi connectivity index (χ2v) is 6.04. The summed E-state index contributed by atoms with van der Waals surface area (Å²) in [6.45, 7) is 10.2. The van der Waals surface area contributed by atoms with Gasteiger partial charge in [0.15, 0.2) is 0 Å². The van der Waals surface area contributed by atoms with Gasteiger partial charge in [0.05, 0.1) is 11.2 Å². The minimum absolute atomic E-state index is 0.344. The molecule has 2 aromatic rings. The third-order valence-corrected chi connectivity index (χ3v) is 4.20. The van der Waals surface area contributed by atoms with E-state index in [1.54, 1.807) is 6.20 Å². The molecule has 3 heterocycles.